The van der Waals surface area contributed by atoms with E-state index in [0.29, 0.717) is 23.8 Å². The zero-order valence-corrected chi connectivity index (χ0v) is 12.4. The first-order valence-electron chi connectivity index (χ1n) is 7.09. The van der Waals surface area contributed by atoms with Crippen molar-refractivity contribution in [3.05, 3.63) is 23.0 Å². The molecule has 1 aromatic heterocycles. The Morgan fingerprint density at radius 3 is 2.65 bits per heavy atom. The minimum absolute atomic E-state index is 0.0554. The summed E-state index contributed by atoms with van der Waals surface area (Å²) in [6, 6.07) is 1.76. The molecule has 110 valence electrons. The molecule has 2 fully saturated rings. The van der Waals surface area contributed by atoms with Gasteiger partial charge in [0.1, 0.15) is 5.69 Å². The lowest BCUT2D eigenvalue weighted by atomic mass is 10.2. The molecule has 5 nitrogen and oxygen atoms in total. The van der Waals surface area contributed by atoms with E-state index in [0.717, 1.165) is 13.1 Å². The molecule has 2 saturated heterocycles. The van der Waals surface area contributed by atoms with Crippen molar-refractivity contribution in [3.63, 3.8) is 0 Å². The van der Waals surface area contributed by atoms with E-state index in [9.17, 15) is 9.90 Å². The largest absolute Gasteiger partial charge is 0.390 e. The maximum Gasteiger partial charge on any atom is 0.270 e. The number of aromatic nitrogens is 1. The van der Waals surface area contributed by atoms with Crippen LogP contribution in [0.15, 0.2) is 12.3 Å². The van der Waals surface area contributed by atoms with Gasteiger partial charge in [0, 0.05) is 26.3 Å². The smallest absolute Gasteiger partial charge is 0.270 e. The van der Waals surface area contributed by atoms with E-state index >= 15 is 0 Å². The molecular formula is C14H20ClN3O2. The van der Waals surface area contributed by atoms with Crippen LogP contribution in [-0.4, -0.2) is 63.7 Å². The normalized spacial score (nSPS) is 27.4. The van der Waals surface area contributed by atoms with Crippen molar-refractivity contribution in [2.45, 2.75) is 25.0 Å². The molecule has 0 aliphatic carbocycles. The van der Waals surface area contributed by atoms with Crippen molar-refractivity contribution >= 4 is 17.5 Å². The predicted molar refractivity (Wildman–Crippen MR) is 76.9 cm³/mol. The van der Waals surface area contributed by atoms with E-state index in [4.69, 9.17) is 11.6 Å². The quantitative estimate of drug-likeness (QED) is 0.884. The van der Waals surface area contributed by atoms with Gasteiger partial charge in [0.2, 0.25) is 0 Å². The highest BCUT2D eigenvalue weighted by Gasteiger charge is 2.39. The van der Waals surface area contributed by atoms with E-state index in [1.165, 1.54) is 12.8 Å². The molecule has 2 atom stereocenters. The number of aryl methyl sites for hydroxylation is 1. The second-order valence-electron chi connectivity index (χ2n) is 5.74. The third kappa shape index (κ3) is 2.45. The van der Waals surface area contributed by atoms with Gasteiger partial charge in [-0.3, -0.25) is 9.69 Å². The van der Waals surface area contributed by atoms with Gasteiger partial charge < -0.3 is 14.6 Å². The number of carbonyl (C=O) groups excluding carboxylic acids is 1. The van der Waals surface area contributed by atoms with Crippen molar-refractivity contribution < 1.29 is 9.90 Å². The SMILES string of the molecule is Cn1cc(Cl)cc1C(=O)N1C[C@H](O)[C@@H](N2CCCC2)C1. The first-order chi connectivity index (χ1) is 9.56. The minimum Gasteiger partial charge on any atom is -0.390 e. The average molecular weight is 298 g/mol. The molecule has 0 bridgehead atoms. The summed E-state index contributed by atoms with van der Waals surface area (Å²) in [7, 11) is 1.81. The van der Waals surface area contributed by atoms with Gasteiger partial charge in [0.05, 0.1) is 17.2 Å². The molecule has 6 heteroatoms. The Morgan fingerprint density at radius 2 is 2.05 bits per heavy atom. The van der Waals surface area contributed by atoms with Crippen LogP contribution in [0.25, 0.3) is 0 Å². The molecule has 1 aromatic rings. The number of rotatable bonds is 2. The van der Waals surface area contributed by atoms with E-state index < -0.39 is 6.10 Å². The summed E-state index contributed by atoms with van der Waals surface area (Å²) in [5.74, 6) is -0.0554. The van der Waals surface area contributed by atoms with Crippen LogP contribution in [-0.2, 0) is 7.05 Å². The standard InChI is InChI=1S/C14H20ClN3O2/c1-16-7-10(15)6-11(16)14(20)18-8-12(13(19)9-18)17-4-2-3-5-17/h6-7,12-13,19H,2-5,8-9H2,1H3/t12-,13-/m0/s1. The Bertz CT molecular complexity index is 511. The molecule has 2 aliphatic rings. The zero-order valence-electron chi connectivity index (χ0n) is 11.6. The number of aliphatic hydroxyl groups is 1. The van der Waals surface area contributed by atoms with E-state index in [2.05, 4.69) is 4.90 Å². The summed E-state index contributed by atoms with van der Waals surface area (Å²) in [4.78, 5) is 16.5. The zero-order chi connectivity index (χ0) is 14.3. The average Bonchev–Trinajstić information content (AvgIpc) is 3.08. The fourth-order valence-corrected chi connectivity index (χ4v) is 3.52. The molecule has 0 radical (unpaired) electrons. The topological polar surface area (TPSA) is 48.7 Å². The summed E-state index contributed by atoms with van der Waals surface area (Å²) in [6.45, 7) is 3.06. The van der Waals surface area contributed by atoms with Gasteiger partial charge >= 0.3 is 0 Å². The molecule has 2 aliphatic heterocycles. The Kier molecular flexibility index (Phi) is 3.75. The highest BCUT2D eigenvalue weighted by molar-refractivity contribution is 6.31. The molecular weight excluding hydrogens is 278 g/mol. The lowest BCUT2D eigenvalue weighted by molar-refractivity contribution is 0.0754. The van der Waals surface area contributed by atoms with Crippen molar-refractivity contribution in [2.24, 2.45) is 7.05 Å². The molecule has 3 heterocycles. The Morgan fingerprint density at radius 1 is 1.35 bits per heavy atom. The third-order valence-corrected chi connectivity index (χ3v) is 4.55. The second kappa shape index (κ2) is 5.39. The molecule has 0 aromatic carbocycles. The van der Waals surface area contributed by atoms with E-state index in [1.54, 1.807) is 21.7 Å². The number of nitrogens with zero attached hydrogens (tertiary/aromatic N) is 3. The molecule has 3 rings (SSSR count). The number of likely N-dealkylation sites (tertiary alicyclic amines) is 2. The van der Waals surface area contributed by atoms with Gasteiger partial charge in [-0.05, 0) is 32.0 Å². The van der Waals surface area contributed by atoms with Gasteiger partial charge in [0.25, 0.3) is 5.91 Å². The maximum absolute atomic E-state index is 12.5. The summed E-state index contributed by atoms with van der Waals surface area (Å²) in [5.41, 5.74) is 0.573. The Labute approximate surface area is 123 Å². The number of amides is 1. The number of halogens is 1. The predicted octanol–water partition coefficient (Wildman–Crippen LogP) is 0.960. The van der Waals surface area contributed by atoms with Crippen LogP contribution < -0.4 is 0 Å². The molecule has 20 heavy (non-hydrogen) atoms. The highest BCUT2D eigenvalue weighted by Crippen LogP contribution is 2.23. The molecule has 1 N–H and O–H groups in total. The van der Waals surface area contributed by atoms with Crippen molar-refractivity contribution in [1.82, 2.24) is 14.4 Å². The molecule has 0 saturated carbocycles. The lowest BCUT2D eigenvalue weighted by Gasteiger charge is -2.25. The number of hydrogen-bond donors (Lipinski definition) is 1. The number of β-amino-alcohol motifs (C(OH)–C–C–N with tert-alkyl or cyclic N) is 1. The van der Waals surface area contributed by atoms with Crippen LogP contribution >= 0.6 is 11.6 Å². The fraction of sp³-hybridized carbons (Fsp3) is 0.643. The van der Waals surface area contributed by atoms with Crippen LogP contribution in [0.3, 0.4) is 0 Å². The van der Waals surface area contributed by atoms with Gasteiger partial charge in [-0.1, -0.05) is 11.6 Å². The number of hydrogen-bond acceptors (Lipinski definition) is 3. The fourth-order valence-electron chi connectivity index (χ4n) is 3.27. The Hall–Kier alpha value is -1.04. The van der Waals surface area contributed by atoms with Crippen LogP contribution in [0, 0.1) is 0 Å². The summed E-state index contributed by atoms with van der Waals surface area (Å²) in [6.07, 6.45) is 3.64. The van der Waals surface area contributed by atoms with Crippen molar-refractivity contribution in [3.8, 4) is 0 Å². The number of aliphatic hydroxyl groups excluding tert-OH is 1. The van der Waals surface area contributed by atoms with Crippen LogP contribution in [0.2, 0.25) is 5.02 Å². The van der Waals surface area contributed by atoms with Crippen molar-refractivity contribution in [1.29, 1.82) is 0 Å². The first-order valence-corrected chi connectivity index (χ1v) is 7.47. The lowest BCUT2D eigenvalue weighted by Crippen LogP contribution is -2.41. The summed E-state index contributed by atoms with van der Waals surface area (Å²) in [5, 5.41) is 10.8. The molecule has 0 unspecified atom stereocenters. The van der Waals surface area contributed by atoms with Crippen molar-refractivity contribution in [2.75, 3.05) is 26.2 Å². The van der Waals surface area contributed by atoms with Crippen LogP contribution in [0.4, 0.5) is 0 Å². The minimum atomic E-state index is -0.451. The van der Waals surface area contributed by atoms with Gasteiger partial charge in [-0.25, -0.2) is 0 Å². The summed E-state index contributed by atoms with van der Waals surface area (Å²) < 4.78 is 1.74. The monoisotopic (exact) mass is 297 g/mol. The van der Waals surface area contributed by atoms with E-state index in [1.807, 2.05) is 7.05 Å². The van der Waals surface area contributed by atoms with Gasteiger partial charge in [-0.15, -0.1) is 0 Å². The van der Waals surface area contributed by atoms with Gasteiger partial charge in [-0.2, -0.15) is 0 Å². The Balaban J connectivity index is 1.72. The van der Waals surface area contributed by atoms with Crippen LogP contribution in [0.5, 0.6) is 0 Å². The highest BCUT2D eigenvalue weighted by atomic mass is 35.5. The molecule has 1 amide bonds. The summed E-state index contributed by atoms with van der Waals surface area (Å²) >= 11 is 5.93. The maximum atomic E-state index is 12.5. The first kappa shape index (κ1) is 13.9. The van der Waals surface area contributed by atoms with Gasteiger partial charge in [0.15, 0.2) is 0 Å². The third-order valence-electron chi connectivity index (χ3n) is 4.35. The second-order valence-corrected chi connectivity index (χ2v) is 6.18. The molecule has 0 spiro atoms. The van der Waals surface area contributed by atoms with E-state index in [-0.39, 0.29) is 11.9 Å². The number of carbonyl (C=O) groups is 1. The van der Waals surface area contributed by atoms with Crippen LogP contribution in [0.1, 0.15) is 23.3 Å².